The molecule has 0 spiro atoms. The molecule has 4 heterocycles. The van der Waals surface area contributed by atoms with Crippen molar-refractivity contribution in [2.24, 2.45) is 0 Å². The molecule has 2 amide bonds. The van der Waals surface area contributed by atoms with Crippen molar-refractivity contribution in [1.29, 1.82) is 0 Å². The Labute approximate surface area is 252 Å². The van der Waals surface area contributed by atoms with Gasteiger partial charge in [-0.2, -0.15) is 5.10 Å². The van der Waals surface area contributed by atoms with Crippen molar-refractivity contribution in [3.05, 3.63) is 121 Å². The van der Waals surface area contributed by atoms with Crippen LogP contribution in [0.1, 0.15) is 5.56 Å². The summed E-state index contributed by atoms with van der Waals surface area (Å²) in [4.78, 5) is 21.5. The summed E-state index contributed by atoms with van der Waals surface area (Å²) in [7, 11) is 0. The van der Waals surface area contributed by atoms with Crippen molar-refractivity contribution in [2.75, 3.05) is 22.5 Å². The normalized spacial score (nSPS) is 11.0. The van der Waals surface area contributed by atoms with Gasteiger partial charge in [-0.1, -0.05) is 72.8 Å². The van der Waals surface area contributed by atoms with Crippen LogP contribution >= 0.6 is 0 Å². The number of fused-ring (bicyclic) bond motifs is 1. The molecule has 0 bridgehead atoms. The van der Waals surface area contributed by atoms with E-state index in [0.717, 1.165) is 39.8 Å². The van der Waals surface area contributed by atoms with Gasteiger partial charge in [0.15, 0.2) is 11.6 Å². The summed E-state index contributed by atoms with van der Waals surface area (Å²) in [6.07, 6.45) is 3.84. The lowest BCUT2D eigenvalue weighted by Crippen LogP contribution is -2.19. The van der Waals surface area contributed by atoms with Crippen molar-refractivity contribution in [1.82, 2.24) is 20.2 Å². The summed E-state index contributed by atoms with van der Waals surface area (Å²) >= 11 is 0. The predicted octanol–water partition coefficient (Wildman–Crippen LogP) is 7.84. The molecule has 0 saturated carbocycles. The molecule has 0 saturated heterocycles. The van der Waals surface area contributed by atoms with Crippen LogP contribution in [0.25, 0.3) is 45.0 Å². The zero-order chi connectivity index (χ0) is 29.7. The minimum absolute atomic E-state index is 0.388. The first-order valence-electron chi connectivity index (χ1n) is 14.1. The molecule has 0 aliphatic carbocycles. The van der Waals surface area contributed by atoms with Gasteiger partial charge in [0.1, 0.15) is 23.6 Å². The third-order valence-electron chi connectivity index (χ3n) is 7.11. The van der Waals surface area contributed by atoms with E-state index in [1.54, 1.807) is 18.4 Å². The fraction of sp³-hybridized carbons (Fsp3) is 0.0588. The van der Waals surface area contributed by atoms with Gasteiger partial charge in [-0.25, -0.2) is 14.8 Å². The second kappa shape index (κ2) is 12.0. The molecule has 10 nitrogen and oxygen atoms in total. The molecule has 216 valence electrons. The summed E-state index contributed by atoms with van der Waals surface area (Å²) in [5.41, 5.74) is 5.92. The van der Waals surface area contributed by atoms with E-state index in [1.165, 1.54) is 6.33 Å². The summed E-state index contributed by atoms with van der Waals surface area (Å²) < 4.78 is 11.6. The molecule has 44 heavy (non-hydrogen) atoms. The lowest BCUT2D eigenvalue weighted by molar-refractivity contribution is 0.262. The molecular formula is C34H27N7O3. The predicted molar refractivity (Wildman–Crippen MR) is 170 cm³/mol. The number of aromatic amines is 1. The third kappa shape index (κ3) is 5.64. The second-order valence-electron chi connectivity index (χ2n) is 10.0. The van der Waals surface area contributed by atoms with Gasteiger partial charge in [0.2, 0.25) is 5.71 Å². The standard InChI is InChI=1S/C34H27N7O3/c42-34(39-28-20-26(40-41-28)27-12-7-19-43-27)38-25-15-13-22(14-16-25)17-18-35-32-30-29(23-8-3-1-4-9-23)31(24-10-5-2-6-11-24)44-33(30)37-21-36-32/h1-16,19-21H,17-18H2,(H,35,36,37)(H3,38,39,40,41,42). The Hall–Kier alpha value is -6.16. The molecule has 3 aromatic carbocycles. The average Bonchev–Trinajstić information content (AvgIpc) is 3.83. The highest BCUT2D eigenvalue weighted by molar-refractivity contribution is 6.05. The number of hydrogen-bond donors (Lipinski definition) is 4. The highest BCUT2D eigenvalue weighted by atomic mass is 16.3. The minimum atomic E-state index is -0.395. The smallest absolute Gasteiger partial charge is 0.324 e. The monoisotopic (exact) mass is 581 g/mol. The van der Waals surface area contributed by atoms with Crippen LogP contribution in [0.3, 0.4) is 0 Å². The molecule has 0 unspecified atom stereocenters. The molecule has 4 N–H and O–H groups in total. The van der Waals surface area contributed by atoms with E-state index in [2.05, 4.69) is 48.2 Å². The van der Waals surface area contributed by atoms with Crippen molar-refractivity contribution in [2.45, 2.75) is 6.42 Å². The fourth-order valence-electron chi connectivity index (χ4n) is 5.04. The number of urea groups is 1. The highest BCUT2D eigenvalue weighted by Gasteiger charge is 2.22. The Bertz CT molecular complexity index is 2000. The summed E-state index contributed by atoms with van der Waals surface area (Å²) in [6, 6.07) is 32.8. The van der Waals surface area contributed by atoms with Gasteiger partial charge in [-0.3, -0.25) is 10.4 Å². The molecule has 0 atom stereocenters. The van der Waals surface area contributed by atoms with Crippen LogP contribution in [0.2, 0.25) is 0 Å². The van der Waals surface area contributed by atoms with Crippen LogP contribution in [0.15, 0.2) is 125 Å². The number of carbonyl (C=O) groups is 1. The first-order valence-corrected chi connectivity index (χ1v) is 14.1. The summed E-state index contributed by atoms with van der Waals surface area (Å²) in [5.74, 6) is 2.49. The van der Waals surface area contributed by atoms with Crippen molar-refractivity contribution >= 4 is 34.5 Å². The van der Waals surface area contributed by atoms with E-state index >= 15 is 0 Å². The van der Waals surface area contributed by atoms with Crippen LogP contribution in [-0.4, -0.2) is 32.7 Å². The number of carbonyl (C=O) groups excluding carboxylic acids is 1. The van der Waals surface area contributed by atoms with E-state index in [4.69, 9.17) is 8.83 Å². The van der Waals surface area contributed by atoms with Crippen LogP contribution in [0.4, 0.5) is 22.1 Å². The van der Waals surface area contributed by atoms with E-state index in [1.807, 2.05) is 78.9 Å². The zero-order valence-corrected chi connectivity index (χ0v) is 23.5. The van der Waals surface area contributed by atoms with Gasteiger partial charge in [-0.15, -0.1) is 0 Å². The van der Waals surface area contributed by atoms with Crippen molar-refractivity contribution < 1.29 is 13.6 Å². The Morgan fingerprint density at radius 3 is 2.34 bits per heavy atom. The maximum Gasteiger partial charge on any atom is 0.324 e. The lowest BCUT2D eigenvalue weighted by atomic mass is 9.99. The number of benzene rings is 3. The highest BCUT2D eigenvalue weighted by Crippen LogP contribution is 2.42. The molecule has 4 aromatic heterocycles. The van der Waals surface area contributed by atoms with Gasteiger partial charge >= 0.3 is 6.03 Å². The number of nitrogens with one attached hydrogen (secondary N) is 4. The van der Waals surface area contributed by atoms with Crippen molar-refractivity contribution in [3.8, 4) is 33.9 Å². The van der Waals surface area contributed by atoms with Gasteiger partial charge in [-0.05, 0) is 41.8 Å². The van der Waals surface area contributed by atoms with E-state index in [9.17, 15) is 4.79 Å². The van der Waals surface area contributed by atoms with E-state index in [0.29, 0.717) is 41.0 Å². The number of nitrogens with zero attached hydrogens (tertiary/aromatic N) is 3. The largest absolute Gasteiger partial charge is 0.463 e. The van der Waals surface area contributed by atoms with Gasteiger partial charge in [0, 0.05) is 29.4 Å². The first-order chi connectivity index (χ1) is 21.7. The molecular weight excluding hydrogens is 554 g/mol. The molecule has 0 fully saturated rings. The maximum atomic E-state index is 12.5. The van der Waals surface area contributed by atoms with Gasteiger partial charge in [0.05, 0.1) is 11.6 Å². The lowest BCUT2D eigenvalue weighted by Gasteiger charge is -2.10. The molecule has 10 heteroatoms. The number of aromatic nitrogens is 4. The summed E-state index contributed by atoms with van der Waals surface area (Å²) in [5, 5.41) is 16.8. The molecule has 0 aliphatic rings. The van der Waals surface area contributed by atoms with Gasteiger partial charge < -0.3 is 19.5 Å². The number of amides is 2. The fourth-order valence-corrected chi connectivity index (χ4v) is 5.04. The molecule has 0 radical (unpaired) electrons. The van der Waals surface area contributed by atoms with Crippen LogP contribution in [-0.2, 0) is 6.42 Å². The number of furan rings is 2. The zero-order valence-electron chi connectivity index (χ0n) is 23.5. The second-order valence-corrected chi connectivity index (χ2v) is 10.0. The Morgan fingerprint density at radius 1 is 0.818 bits per heavy atom. The molecule has 7 aromatic rings. The van der Waals surface area contributed by atoms with Crippen LogP contribution in [0, 0.1) is 0 Å². The van der Waals surface area contributed by atoms with Gasteiger partial charge in [0.25, 0.3) is 0 Å². The Morgan fingerprint density at radius 2 is 1.59 bits per heavy atom. The van der Waals surface area contributed by atoms with E-state index < -0.39 is 6.03 Å². The number of anilines is 3. The number of hydrogen-bond acceptors (Lipinski definition) is 7. The molecule has 0 aliphatic heterocycles. The Balaban J connectivity index is 1.02. The van der Waals surface area contributed by atoms with Crippen molar-refractivity contribution in [3.63, 3.8) is 0 Å². The number of rotatable bonds is 9. The maximum absolute atomic E-state index is 12.5. The van der Waals surface area contributed by atoms with E-state index in [-0.39, 0.29) is 0 Å². The minimum Gasteiger partial charge on any atom is -0.463 e. The third-order valence-corrected chi connectivity index (χ3v) is 7.11. The number of H-pyrrole nitrogens is 1. The topological polar surface area (TPSA) is 134 Å². The first kappa shape index (κ1) is 26.7. The van der Waals surface area contributed by atoms with Crippen LogP contribution in [0.5, 0.6) is 0 Å². The SMILES string of the molecule is O=C(Nc1ccc(CCNc2ncnc3oc(-c4ccccc4)c(-c4ccccc4)c23)cc1)Nc1cc(-c2ccco2)[nH]n1. The molecule has 7 rings (SSSR count). The average molecular weight is 582 g/mol. The van der Waals surface area contributed by atoms with Crippen LogP contribution < -0.4 is 16.0 Å². The summed E-state index contributed by atoms with van der Waals surface area (Å²) in [6.45, 7) is 0.636. The quantitative estimate of drug-likeness (QED) is 0.136. The Kier molecular flexibility index (Phi) is 7.28.